The smallest absolute Gasteiger partial charge is 0.207 e. The number of hydrogen-bond donors (Lipinski definition) is 0. The fourth-order valence-corrected chi connectivity index (χ4v) is 4.15. The number of hydrogen-bond acceptors (Lipinski definition) is 2. The minimum Gasteiger partial charge on any atom is -0.207 e. The van der Waals surface area contributed by atoms with Gasteiger partial charge in [0.25, 0.3) is 9.05 Å². The first-order valence-electron chi connectivity index (χ1n) is 6.13. The second-order valence-electron chi connectivity index (χ2n) is 5.41. The van der Waals surface area contributed by atoms with Gasteiger partial charge in [-0.25, -0.2) is 8.42 Å². The highest BCUT2D eigenvalue weighted by atomic mass is 35.7. The number of rotatable bonds is 2. The van der Waals surface area contributed by atoms with E-state index in [1.54, 1.807) is 12.1 Å². The van der Waals surface area contributed by atoms with Crippen molar-refractivity contribution >= 4 is 19.7 Å². The Bertz CT molecular complexity index is 671. The molecule has 1 aliphatic rings. The Kier molecular flexibility index (Phi) is 3.63. The van der Waals surface area contributed by atoms with E-state index in [-0.39, 0.29) is 10.3 Å². The van der Waals surface area contributed by atoms with Gasteiger partial charge in [-0.3, -0.25) is 0 Å². The highest BCUT2D eigenvalue weighted by Crippen LogP contribution is 2.40. The predicted octanol–water partition coefficient (Wildman–Crippen LogP) is 4.17. The summed E-state index contributed by atoms with van der Waals surface area (Å²) in [5.74, 6) is 0. The summed E-state index contributed by atoms with van der Waals surface area (Å²) in [6.45, 7) is 6.14. The van der Waals surface area contributed by atoms with Crippen molar-refractivity contribution in [1.29, 1.82) is 0 Å². The molecule has 0 N–H and O–H groups in total. The van der Waals surface area contributed by atoms with E-state index in [0.717, 1.165) is 17.6 Å². The maximum absolute atomic E-state index is 11.7. The third-order valence-electron chi connectivity index (χ3n) is 3.43. The minimum absolute atomic E-state index is 0.206. The normalized spacial score (nSPS) is 23.8. The van der Waals surface area contributed by atoms with Crippen molar-refractivity contribution in [3.8, 4) is 0 Å². The van der Waals surface area contributed by atoms with Crippen LogP contribution in [0.1, 0.15) is 32.8 Å². The fourth-order valence-electron chi connectivity index (χ4n) is 2.94. The zero-order chi connectivity index (χ0) is 14.3. The van der Waals surface area contributed by atoms with E-state index in [4.69, 9.17) is 10.7 Å². The first-order chi connectivity index (χ1) is 8.72. The molecule has 0 saturated heterocycles. The van der Waals surface area contributed by atoms with Crippen LogP contribution in [0.5, 0.6) is 0 Å². The quantitative estimate of drug-likeness (QED) is 0.768. The van der Waals surface area contributed by atoms with Gasteiger partial charge in [0.2, 0.25) is 0 Å². The van der Waals surface area contributed by atoms with Gasteiger partial charge in [-0.05, 0) is 31.9 Å². The van der Waals surface area contributed by atoms with Crippen molar-refractivity contribution in [2.24, 2.45) is 0 Å². The second kappa shape index (κ2) is 4.80. The van der Waals surface area contributed by atoms with E-state index in [0.29, 0.717) is 0 Å². The zero-order valence-electron chi connectivity index (χ0n) is 11.3. The van der Waals surface area contributed by atoms with Gasteiger partial charge in [-0.1, -0.05) is 48.4 Å². The summed E-state index contributed by atoms with van der Waals surface area (Å²) in [5.41, 5.74) is 2.82. The molecule has 0 amide bonds. The molecule has 0 heterocycles. The Balaban J connectivity index is 2.64. The summed E-state index contributed by atoms with van der Waals surface area (Å²) in [6, 6.07) is 6.96. The van der Waals surface area contributed by atoms with Crippen LogP contribution in [-0.4, -0.2) is 8.42 Å². The maximum Gasteiger partial charge on any atom is 0.261 e. The van der Waals surface area contributed by atoms with Gasteiger partial charge < -0.3 is 0 Å². The van der Waals surface area contributed by atoms with Crippen molar-refractivity contribution in [3.05, 3.63) is 53.1 Å². The molecule has 1 unspecified atom stereocenters. The zero-order valence-corrected chi connectivity index (χ0v) is 12.8. The summed E-state index contributed by atoms with van der Waals surface area (Å²) in [5, 5.41) is 0. The lowest BCUT2D eigenvalue weighted by atomic mass is 9.73. The molecule has 0 aromatic heterocycles. The Morgan fingerprint density at radius 2 is 1.84 bits per heavy atom. The second-order valence-corrected chi connectivity index (χ2v) is 7.94. The monoisotopic (exact) mass is 296 g/mol. The van der Waals surface area contributed by atoms with Crippen molar-refractivity contribution in [3.63, 3.8) is 0 Å². The molecule has 0 spiro atoms. The third-order valence-corrected chi connectivity index (χ3v) is 4.81. The van der Waals surface area contributed by atoms with Gasteiger partial charge in [0.1, 0.15) is 0 Å². The van der Waals surface area contributed by atoms with Crippen LogP contribution < -0.4 is 0 Å². The first kappa shape index (κ1) is 14.4. The van der Waals surface area contributed by atoms with Crippen LogP contribution in [-0.2, 0) is 14.5 Å². The number of benzene rings is 1. The topological polar surface area (TPSA) is 34.1 Å². The Labute approximate surface area is 119 Å². The molecule has 19 heavy (non-hydrogen) atoms. The molecule has 1 aliphatic carbocycles. The van der Waals surface area contributed by atoms with E-state index < -0.39 is 9.05 Å². The molecule has 1 aromatic carbocycles. The highest BCUT2D eigenvalue weighted by molar-refractivity contribution is 8.13. The van der Waals surface area contributed by atoms with Crippen LogP contribution >= 0.6 is 10.7 Å². The van der Waals surface area contributed by atoms with Crippen molar-refractivity contribution in [2.75, 3.05) is 0 Å². The summed E-state index contributed by atoms with van der Waals surface area (Å²) < 4.78 is 23.5. The minimum atomic E-state index is -3.73. The maximum atomic E-state index is 11.7. The van der Waals surface area contributed by atoms with E-state index >= 15 is 0 Å². The number of allylic oxidation sites excluding steroid dienone is 4. The molecule has 0 bridgehead atoms. The molecule has 2 nitrogen and oxygen atoms in total. The van der Waals surface area contributed by atoms with Crippen molar-refractivity contribution in [2.45, 2.75) is 37.5 Å². The molecular formula is C15H17ClO2S. The standard InChI is InChI=1S/C15H17ClO2S/c1-11-8-12(2)10-15(3,9-11)13-6-4-5-7-14(13)19(16,17)18/h4-9H,10H2,1-3H3. The van der Waals surface area contributed by atoms with Crippen LogP contribution in [0, 0.1) is 0 Å². The van der Waals surface area contributed by atoms with Gasteiger partial charge in [0.05, 0.1) is 4.90 Å². The third kappa shape index (κ3) is 2.93. The van der Waals surface area contributed by atoms with Crippen LogP contribution in [0.4, 0.5) is 0 Å². The van der Waals surface area contributed by atoms with E-state index in [1.165, 1.54) is 5.57 Å². The largest absolute Gasteiger partial charge is 0.261 e. The van der Waals surface area contributed by atoms with E-state index in [9.17, 15) is 8.42 Å². The fraction of sp³-hybridized carbons (Fsp3) is 0.333. The molecular weight excluding hydrogens is 280 g/mol. The summed E-state index contributed by atoms with van der Waals surface area (Å²) in [6.07, 6.45) is 5.04. The molecule has 2 rings (SSSR count). The highest BCUT2D eigenvalue weighted by Gasteiger charge is 2.32. The van der Waals surface area contributed by atoms with Gasteiger partial charge in [0, 0.05) is 16.1 Å². The molecule has 0 radical (unpaired) electrons. The summed E-state index contributed by atoms with van der Waals surface area (Å²) >= 11 is 0. The molecule has 0 saturated carbocycles. The van der Waals surface area contributed by atoms with Crippen LogP contribution in [0.2, 0.25) is 0 Å². The van der Waals surface area contributed by atoms with Crippen LogP contribution in [0.15, 0.2) is 52.5 Å². The molecule has 1 aromatic rings. The van der Waals surface area contributed by atoms with E-state index in [1.807, 2.05) is 26.0 Å². The summed E-state index contributed by atoms with van der Waals surface area (Å²) in [7, 11) is 1.82. The Morgan fingerprint density at radius 3 is 2.42 bits per heavy atom. The summed E-state index contributed by atoms with van der Waals surface area (Å²) in [4.78, 5) is 0.206. The van der Waals surface area contributed by atoms with Gasteiger partial charge in [0.15, 0.2) is 0 Å². The van der Waals surface area contributed by atoms with Gasteiger partial charge in [-0.15, -0.1) is 0 Å². The van der Waals surface area contributed by atoms with Gasteiger partial charge >= 0.3 is 0 Å². The average Bonchev–Trinajstić information content (AvgIpc) is 2.26. The molecule has 102 valence electrons. The lowest BCUT2D eigenvalue weighted by Gasteiger charge is -2.32. The molecule has 4 heteroatoms. The predicted molar refractivity (Wildman–Crippen MR) is 79.0 cm³/mol. The molecule has 0 aliphatic heterocycles. The lowest BCUT2D eigenvalue weighted by molar-refractivity contribution is 0.557. The Morgan fingerprint density at radius 1 is 1.21 bits per heavy atom. The van der Waals surface area contributed by atoms with Crippen molar-refractivity contribution in [1.82, 2.24) is 0 Å². The first-order valence-corrected chi connectivity index (χ1v) is 8.44. The van der Waals surface area contributed by atoms with Crippen molar-refractivity contribution < 1.29 is 8.42 Å². The van der Waals surface area contributed by atoms with Gasteiger partial charge in [-0.2, -0.15) is 0 Å². The lowest BCUT2D eigenvalue weighted by Crippen LogP contribution is -2.24. The number of halogens is 1. The SMILES string of the molecule is CC1=CC(C)(c2ccccc2S(=O)(=O)Cl)CC(C)=C1. The van der Waals surface area contributed by atoms with E-state index in [2.05, 4.69) is 19.1 Å². The molecule has 0 fully saturated rings. The van der Waals surface area contributed by atoms with Crippen LogP contribution in [0.3, 0.4) is 0 Å². The van der Waals surface area contributed by atoms with Crippen LogP contribution in [0.25, 0.3) is 0 Å². The Hall–Kier alpha value is -1.06. The average molecular weight is 297 g/mol. The molecule has 1 atom stereocenters.